The van der Waals surface area contributed by atoms with Gasteiger partial charge in [0, 0.05) is 36.3 Å². The van der Waals surface area contributed by atoms with Crippen LogP contribution in [0.4, 0.5) is 0 Å². The van der Waals surface area contributed by atoms with Crippen molar-refractivity contribution in [3.05, 3.63) is 188 Å². The Morgan fingerprint density at radius 1 is 0.614 bits per heavy atom. The normalized spacial score (nSPS) is 17.4. The van der Waals surface area contributed by atoms with Gasteiger partial charge in [-0.3, -0.25) is 4.98 Å². The van der Waals surface area contributed by atoms with Crippen LogP contribution in [0.2, 0.25) is 0 Å². The summed E-state index contributed by atoms with van der Waals surface area (Å²) in [5.41, 5.74) is 0.722. The standard InChI is InChI=1S/C27H32NOP.C18H15P.CO.ClHO4.Rh/c1-21(2)25-18-17-22(3)20-27(25,26-16-10-11-19-28-26)29-30(23-12-6-4-7-13-23)24-14-8-5-9-15-24;1-4-10-16(11-5-1)19(17-12-6-2-7-13-17)18-14-8-3-9-15-18;1-2;2-1(3,4)5;/h4-16,19,21-22,25H,17-18,20H2,1-3H3;1-15H;;(H,2,3,4,5);/p-1/t22-,25+,27-;;;;/m0..../s1. The molecule has 0 spiro atoms. The molecule has 7 rings (SSSR count). The Kier molecular flexibility index (Phi) is 20.6. The van der Waals surface area contributed by atoms with Gasteiger partial charge in [-0.2, -0.15) is 0 Å². The van der Waals surface area contributed by atoms with Gasteiger partial charge < -0.3 is 4.52 Å². The van der Waals surface area contributed by atoms with Crippen LogP contribution in [0.25, 0.3) is 0 Å². The van der Waals surface area contributed by atoms with Gasteiger partial charge in [0.15, 0.2) is 0 Å². The van der Waals surface area contributed by atoms with Gasteiger partial charge in [-0.1, -0.05) is 185 Å². The van der Waals surface area contributed by atoms with E-state index in [1.54, 1.807) is 0 Å². The molecule has 7 nitrogen and oxygen atoms in total. The molecule has 0 amide bonds. The summed E-state index contributed by atoms with van der Waals surface area (Å²) >= 11 is 0. The van der Waals surface area contributed by atoms with E-state index >= 15 is 0 Å². The average molecular weight is 910 g/mol. The van der Waals surface area contributed by atoms with E-state index in [-0.39, 0.29) is 25.1 Å². The van der Waals surface area contributed by atoms with E-state index in [9.17, 15) is 0 Å². The monoisotopic (exact) mass is 909 g/mol. The van der Waals surface area contributed by atoms with Crippen LogP contribution in [0, 0.1) is 34.6 Å². The van der Waals surface area contributed by atoms with E-state index in [1.165, 1.54) is 39.4 Å². The fraction of sp³-hybridized carbons (Fsp3) is 0.217. The fourth-order valence-corrected chi connectivity index (χ4v) is 11.5. The minimum atomic E-state index is -4.94. The van der Waals surface area contributed by atoms with Crippen LogP contribution in [0.3, 0.4) is 0 Å². The first-order chi connectivity index (χ1) is 27.0. The maximum atomic E-state index is 8.49. The summed E-state index contributed by atoms with van der Waals surface area (Å²) in [5.74, 6) is 1.59. The zero-order valence-corrected chi connectivity index (χ0v) is 36.3. The van der Waals surface area contributed by atoms with E-state index < -0.39 is 26.3 Å². The summed E-state index contributed by atoms with van der Waals surface area (Å²) in [6, 6.07) is 60.1. The number of aromatic nitrogens is 1. The van der Waals surface area contributed by atoms with Crippen molar-refractivity contribution in [2.24, 2.45) is 17.8 Å². The number of halogens is 1. The molecule has 0 bridgehead atoms. The SMILES string of the molecule is CC(C)[C@H]1CC[C@H](C)C[C@@]1(OP(c1ccccc1)c1ccccc1)c1ccccn1.[C-]#[O+].[O-][Cl+3]([O-])([O-])[O-].[Rh].c1ccc(P(c2ccccc2)c2ccccc2)cc1. The minimum Gasteiger partial charge on any atom is -0.222 e. The first-order valence-corrected chi connectivity index (χ1v) is 22.2. The van der Waals surface area contributed by atoms with Crippen LogP contribution in [0.5, 0.6) is 0 Å². The number of nitrogens with zero attached hydrogens (tertiary/aromatic N) is 1. The molecule has 1 aliphatic rings. The molecule has 1 heterocycles. The summed E-state index contributed by atoms with van der Waals surface area (Å²) in [6.45, 7) is 11.6. The van der Waals surface area contributed by atoms with Crippen molar-refractivity contribution < 1.29 is 57.5 Å². The Balaban J connectivity index is 0.000000276. The third-order valence-corrected chi connectivity index (χ3v) is 13.9. The Bertz CT molecular complexity index is 1840. The van der Waals surface area contributed by atoms with Crippen molar-refractivity contribution in [3.8, 4) is 0 Å². The quantitative estimate of drug-likeness (QED) is 0.0861. The molecule has 1 fully saturated rings. The number of benzene rings is 5. The fourth-order valence-electron chi connectivity index (χ4n) is 7.12. The molecule has 299 valence electrons. The van der Waals surface area contributed by atoms with Gasteiger partial charge in [0.05, 0.1) is 13.8 Å². The Hall–Kier alpha value is -3.44. The summed E-state index contributed by atoms with van der Waals surface area (Å²) in [6.07, 6.45) is 5.38. The van der Waals surface area contributed by atoms with Crippen LogP contribution in [0.1, 0.15) is 45.7 Å². The number of pyridine rings is 1. The number of hydrogen-bond donors (Lipinski definition) is 0. The molecule has 3 atom stereocenters. The molecule has 1 radical (unpaired) electrons. The zero-order valence-electron chi connectivity index (χ0n) is 32.1. The van der Waals surface area contributed by atoms with Crippen LogP contribution >= 0.6 is 16.1 Å². The van der Waals surface area contributed by atoms with Crippen LogP contribution in [-0.2, 0) is 34.3 Å². The summed E-state index contributed by atoms with van der Waals surface area (Å²) in [5, 5.41) is 6.71. The molecule has 1 aliphatic carbocycles. The predicted molar refractivity (Wildman–Crippen MR) is 216 cm³/mol. The van der Waals surface area contributed by atoms with Gasteiger partial charge in [-0.15, -0.1) is 10.2 Å². The molecule has 1 saturated carbocycles. The molecule has 1 aromatic heterocycles. The van der Waals surface area contributed by atoms with Crippen molar-refractivity contribution in [2.45, 2.75) is 45.6 Å². The predicted octanol–water partition coefficient (Wildman–Crippen LogP) is 5.08. The molecular formula is C46H47ClNO6P2Rh-. The average Bonchev–Trinajstić information content (AvgIpc) is 3.22. The van der Waals surface area contributed by atoms with Gasteiger partial charge in [-0.25, -0.2) is 18.6 Å². The molecule has 0 unspecified atom stereocenters. The van der Waals surface area contributed by atoms with Crippen molar-refractivity contribution >= 4 is 42.6 Å². The van der Waals surface area contributed by atoms with Crippen LogP contribution < -0.4 is 45.2 Å². The molecule has 0 saturated heterocycles. The summed E-state index contributed by atoms with van der Waals surface area (Å²) in [7, 11) is -6.35. The minimum absolute atomic E-state index is 0. The Labute approximate surface area is 355 Å². The van der Waals surface area contributed by atoms with Gasteiger partial charge in [0.2, 0.25) is 0 Å². The molecule has 5 aromatic carbocycles. The van der Waals surface area contributed by atoms with Crippen molar-refractivity contribution in [2.75, 3.05) is 0 Å². The number of hydrogen-bond acceptors (Lipinski definition) is 6. The van der Waals surface area contributed by atoms with Crippen molar-refractivity contribution in [1.29, 1.82) is 0 Å². The second kappa shape index (κ2) is 24.5. The molecule has 57 heavy (non-hydrogen) atoms. The van der Waals surface area contributed by atoms with Gasteiger partial charge in [-0.05, 0) is 66.6 Å². The molecular weight excluding hydrogens is 863 g/mol. The Morgan fingerprint density at radius 3 is 1.30 bits per heavy atom. The first kappa shape index (κ1) is 47.9. The Morgan fingerprint density at radius 2 is 0.965 bits per heavy atom. The van der Waals surface area contributed by atoms with E-state index in [0.717, 1.165) is 12.1 Å². The van der Waals surface area contributed by atoms with E-state index in [1.807, 2.05) is 12.3 Å². The van der Waals surface area contributed by atoms with E-state index in [0.29, 0.717) is 17.8 Å². The van der Waals surface area contributed by atoms with Gasteiger partial charge in [0.25, 0.3) is 0 Å². The molecule has 0 aliphatic heterocycles. The van der Waals surface area contributed by atoms with E-state index in [4.69, 9.17) is 32.8 Å². The summed E-state index contributed by atoms with van der Waals surface area (Å²) < 4.78 is 48.9. The topological polar surface area (TPSA) is 134 Å². The van der Waals surface area contributed by atoms with E-state index in [2.05, 4.69) is 191 Å². The largest absolute Gasteiger partial charge is 0.222 e. The van der Waals surface area contributed by atoms with Crippen molar-refractivity contribution in [3.63, 3.8) is 0 Å². The second-order valence-corrected chi connectivity index (χ2v) is 18.4. The third kappa shape index (κ3) is 14.7. The number of rotatable bonds is 9. The van der Waals surface area contributed by atoms with Crippen LogP contribution in [-0.4, -0.2) is 4.98 Å². The van der Waals surface area contributed by atoms with Crippen LogP contribution in [0.15, 0.2) is 176 Å². The third-order valence-electron chi connectivity index (χ3n) is 9.40. The maximum absolute atomic E-state index is 8.49. The molecule has 6 aromatic rings. The maximum Gasteiger partial charge on any atom is 0 e. The van der Waals surface area contributed by atoms with Gasteiger partial charge in [0.1, 0.15) is 5.60 Å². The second-order valence-electron chi connectivity index (χ2n) is 13.6. The van der Waals surface area contributed by atoms with Gasteiger partial charge >= 0.3 is 11.3 Å². The summed E-state index contributed by atoms with van der Waals surface area (Å²) in [4.78, 5) is 4.87. The smallest absolute Gasteiger partial charge is 0 e. The molecule has 0 N–H and O–H groups in total. The molecule has 11 heteroatoms. The first-order valence-electron chi connectivity index (χ1n) is 18.3. The zero-order chi connectivity index (χ0) is 40.4. The van der Waals surface area contributed by atoms with Crippen molar-refractivity contribution in [1.82, 2.24) is 4.98 Å².